The van der Waals surface area contributed by atoms with Gasteiger partial charge in [-0.2, -0.15) is 0 Å². The Hall–Kier alpha value is -2.52. The highest BCUT2D eigenvalue weighted by molar-refractivity contribution is 5.94. The first kappa shape index (κ1) is 20.5. The molecule has 0 spiro atoms. The summed E-state index contributed by atoms with van der Waals surface area (Å²) in [5.41, 5.74) is 0.765. The molecule has 0 fully saturated rings. The molecule has 25 heavy (non-hydrogen) atoms. The molecule has 0 radical (unpaired) electrons. The first-order chi connectivity index (χ1) is 12.0. The van der Waals surface area contributed by atoms with Gasteiger partial charge in [0.1, 0.15) is 12.6 Å². The fourth-order valence-corrected chi connectivity index (χ4v) is 2.03. The van der Waals surface area contributed by atoms with Crippen molar-refractivity contribution >= 4 is 17.8 Å². The highest BCUT2D eigenvalue weighted by atomic mass is 19.1. The fraction of sp³-hybridized carbons (Fsp3) is 0.438. The molecule has 0 aliphatic heterocycles. The third-order valence-corrected chi connectivity index (χ3v) is 3.17. The van der Waals surface area contributed by atoms with Gasteiger partial charge in [0.15, 0.2) is 6.80 Å². The number of esters is 1. The molecule has 1 rings (SSSR count). The molecule has 0 saturated carbocycles. The van der Waals surface area contributed by atoms with E-state index in [0.717, 1.165) is 0 Å². The number of carbonyl (C=O) groups is 3. The van der Waals surface area contributed by atoms with E-state index in [1.807, 2.05) is 5.32 Å². The molecule has 1 aromatic carbocycles. The summed E-state index contributed by atoms with van der Waals surface area (Å²) >= 11 is 0. The van der Waals surface area contributed by atoms with Crippen molar-refractivity contribution in [1.82, 2.24) is 16.0 Å². The number of carbonyl (C=O) groups excluding carboxylic acids is 3. The predicted octanol–water partition coefficient (Wildman–Crippen LogP) is -0.354. The first-order valence-corrected chi connectivity index (χ1v) is 7.75. The van der Waals surface area contributed by atoms with Crippen LogP contribution in [-0.4, -0.2) is 56.0 Å². The van der Waals surface area contributed by atoms with Crippen molar-refractivity contribution in [2.75, 3.05) is 33.1 Å². The Morgan fingerprint density at radius 1 is 1.20 bits per heavy atom. The normalized spacial score (nSPS) is 11.5. The number of ether oxygens (including phenoxy) is 1. The monoisotopic (exact) mass is 355 g/mol. The largest absolute Gasteiger partial charge is 0.465 e. The summed E-state index contributed by atoms with van der Waals surface area (Å²) in [5.74, 6) is -1.61. The second kappa shape index (κ2) is 11.1. The molecule has 0 heterocycles. The van der Waals surface area contributed by atoms with Crippen LogP contribution in [-0.2, 0) is 14.3 Å². The SMILES string of the molecule is CCOC(=O)CNC(=O)C(NCCO)c1ccc(C(=O)NCF)cc1. The van der Waals surface area contributed by atoms with Crippen LogP contribution in [0, 0.1) is 0 Å². The number of nitrogens with one attached hydrogen (secondary N) is 3. The van der Waals surface area contributed by atoms with Gasteiger partial charge in [0.05, 0.1) is 13.2 Å². The number of rotatable bonds is 10. The van der Waals surface area contributed by atoms with Crippen molar-refractivity contribution in [3.63, 3.8) is 0 Å². The lowest BCUT2D eigenvalue weighted by atomic mass is 10.0. The molecule has 0 aliphatic carbocycles. The molecule has 138 valence electrons. The topological polar surface area (TPSA) is 117 Å². The Kier molecular flexibility index (Phi) is 9.12. The maximum absolute atomic E-state index is 12.3. The zero-order valence-corrected chi connectivity index (χ0v) is 13.9. The molecule has 8 nitrogen and oxygen atoms in total. The molecule has 9 heteroatoms. The third-order valence-electron chi connectivity index (χ3n) is 3.17. The van der Waals surface area contributed by atoms with Crippen LogP contribution in [0.1, 0.15) is 28.9 Å². The van der Waals surface area contributed by atoms with Crippen molar-refractivity contribution in [2.24, 2.45) is 0 Å². The van der Waals surface area contributed by atoms with Crippen molar-refractivity contribution in [3.8, 4) is 0 Å². The van der Waals surface area contributed by atoms with Gasteiger partial charge in [0.25, 0.3) is 5.91 Å². The summed E-state index contributed by atoms with van der Waals surface area (Å²) in [5, 5.41) is 16.3. The van der Waals surface area contributed by atoms with Crippen molar-refractivity contribution in [3.05, 3.63) is 35.4 Å². The van der Waals surface area contributed by atoms with E-state index in [0.29, 0.717) is 5.56 Å². The van der Waals surface area contributed by atoms with Crippen LogP contribution in [0.25, 0.3) is 0 Å². The number of benzene rings is 1. The van der Waals surface area contributed by atoms with Gasteiger partial charge in [-0.15, -0.1) is 0 Å². The average molecular weight is 355 g/mol. The van der Waals surface area contributed by atoms with E-state index in [1.54, 1.807) is 6.92 Å². The molecule has 4 N–H and O–H groups in total. The lowest BCUT2D eigenvalue weighted by Gasteiger charge is -2.18. The van der Waals surface area contributed by atoms with Gasteiger partial charge in [-0.1, -0.05) is 12.1 Å². The maximum atomic E-state index is 12.3. The summed E-state index contributed by atoms with van der Waals surface area (Å²) < 4.78 is 16.9. The smallest absolute Gasteiger partial charge is 0.325 e. The molecule has 0 bridgehead atoms. The quantitative estimate of drug-likeness (QED) is 0.337. The fourth-order valence-electron chi connectivity index (χ4n) is 2.03. The van der Waals surface area contributed by atoms with Crippen LogP contribution in [0.4, 0.5) is 4.39 Å². The molecule has 1 aromatic rings. The highest BCUT2D eigenvalue weighted by Gasteiger charge is 2.21. The molecule has 0 saturated heterocycles. The Morgan fingerprint density at radius 2 is 1.88 bits per heavy atom. The Bertz CT molecular complexity index is 580. The van der Waals surface area contributed by atoms with Gasteiger partial charge in [-0.3, -0.25) is 19.7 Å². The number of aliphatic hydroxyl groups excluding tert-OH is 1. The molecular weight excluding hydrogens is 333 g/mol. The average Bonchev–Trinajstić information content (AvgIpc) is 2.61. The van der Waals surface area contributed by atoms with E-state index in [-0.39, 0.29) is 31.9 Å². The van der Waals surface area contributed by atoms with Crippen molar-refractivity contribution in [1.29, 1.82) is 0 Å². The summed E-state index contributed by atoms with van der Waals surface area (Å²) in [6, 6.07) is 5.14. The zero-order valence-electron chi connectivity index (χ0n) is 13.9. The number of halogens is 1. The summed E-state index contributed by atoms with van der Waals surface area (Å²) in [6.07, 6.45) is 0. The van der Waals surface area contributed by atoms with E-state index >= 15 is 0 Å². The van der Waals surface area contributed by atoms with Crippen LogP contribution in [0.5, 0.6) is 0 Å². The second-order valence-electron chi connectivity index (χ2n) is 4.90. The van der Waals surface area contributed by atoms with E-state index in [1.165, 1.54) is 24.3 Å². The van der Waals surface area contributed by atoms with Crippen LogP contribution in [0.3, 0.4) is 0 Å². The second-order valence-corrected chi connectivity index (χ2v) is 4.90. The Morgan fingerprint density at radius 3 is 2.44 bits per heavy atom. The lowest BCUT2D eigenvalue weighted by molar-refractivity contribution is -0.143. The number of aliphatic hydroxyl groups is 1. The summed E-state index contributed by atoms with van der Waals surface area (Å²) in [4.78, 5) is 35.2. The molecule has 1 unspecified atom stereocenters. The minimum absolute atomic E-state index is 0.154. The standard InChI is InChI=1S/C16H22FN3O5/c1-2-25-13(22)9-19-16(24)14(18-7-8-21)11-3-5-12(6-4-11)15(23)20-10-17/h3-6,14,18,21H,2,7-10H2,1H3,(H,19,24)(H,20,23). The van der Waals surface area contributed by atoms with E-state index in [9.17, 15) is 18.8 Å². The van der Waals surface area contributed by atoms with Gasteiger partial charge < -0.3 is 20.5 Å². The Labute approximate surface area is 144 Å². The van der Waals surface area contributed by atoms with Crippen LogP contribution in [0.2, 0.25) is 0 Å². The molecule has 1 atom stereocenters. The van der Waals surface area contributed by atoms with E-state index < -0.39 is 30.6 Å². The summed E-state index contributed by atoms with van der Waals surface area (Å²) in [6.45, 7) is 0.591. The van der Waals surface area contributed by atoms with Gasteiger partial charge in [-0.05, 0) is 24.6 Å². The maximum Gasteiger partial charge on any atom is 0.325 e. The first-order valence-electron chi connectivity index (χ1n) is 7.75. The number of alkyl halides is 1. The predicted molar refractivity (Wildman–Crippen MR) is 87.4 cm³/mol. The highest BCUT2D eigenvalue weighted by Crippen LogP contribution is 2.14. The van der Waals surface area contributed by atoms with Gasteiger partial charge in [-0.25, -0.2) is 4.39 Å². The number of amides is 2. The molecule has 0 aromatic heterocycles. The minimum atomic E-state index is -0.975. The van der Waals surface area contributed by atoms with Crippen molar-refractivity contribution in [2.45, 2.75) is 13.0 Å². The van der Waals surface area contributed by atoms with Crippen LogP contribution in [0.15, 0.2) is 24.3 Å². The van der Waals surface area contributed by atoms with Crippen LogP contribution < -0.4 is 16.0 Å². The van der Waals surface area contributed by atoms with Crippen molar-refractivity contribution < 1.29 is 28.6 Å². The lowest BCUT2D eigenvalue weighted by Crippen LogP contribution is -2.41. The van der Waals surface area contributed by atoms with Gasteiger partial charge in [0, 0.05) is 12.1 Å². The van der Waals surface area contributed by atoms with E-state index in [4.69, 9.17) is 9.84 Å². The third kappa shape index (κ3) is 6.86. The van der Waals surface area contributed by atoms with Crippen LogP contribution >= 0.6 is 0 Å². The van der Waals surface area contributed by atoms with Gasteiger partial charge in [0.2, 0.25) is 5.91 Å². The Balaban J connectivity index is 2.81. The molecule has 0 aliphatic rings. The number of hydrogen-bond acceptors (Lipinski definition) is 6. The van der Waals surface area contributed by atoms with Gasteiger partial charge >= 0.3 is 5.97 Å². The summed E-state index contributed by atoms with van der Waals surface area (Å²) in [7, 11) is 0. The number of hydrogen-bond donors (Lipinski definition) is 4. The zero-order chi connectivity index (χ0) is 18.7. The van der Waals surface area contributed by atoms with E-state index in [2.05, 4.69) is 10.6 Å². The molecular formula is C16H22FN3O5. The molecule has 2 amide bonds. The minimum Gasteiger partial charge on any atom is -0.465 e.